The van der Waals surface area contributed by atoms with Gasteiger partial charge in [0, 0.05) is 25.9 Å². The summed E-state index contributed by atoms with van der Waals surface area (Å²) < 4.78 is 0. The Morgan fingerprint density at radius 1 is 0.812 bits per heavy atom. The SMILES string of the molecule is O=C(CCCS)NCCNC(=O)CCCS. The largest absolute Gasteiger partial charge is 0.354 e. The van der Waals surface area contributed by atoms with E-state index in [0.717, 1.165) is 12.8 Å². The average Bonchev–Trinajstić information content (AvgIpc) is 2.29. The van der Waals surface area contributed by atoms with E-state index >= 15 is 0 Å². The lowest BCUT2D eigenvalue weighted by Crippen LogP contribution is -2.34. The minimum Gasteiger partial charge on any atom is -0.354 e. The molecule has 94 valence electrons. The maximum Gasteiger partial charge on any atom is 0.220 e. The van der Waals surface area contributed by atoms with Crippen LogP contribution in [0.4, 0.5) is 0 Å². The summed E-state index contributed by atoms with van der Waals surface area (Å²) >= 11 is 8.04. The highest BCUT2D eigenvalue weighted by Gasteiger charge is 2.01. The quantitative estimate of drug-likeness (QED) is 0.365. The lowest BCUT2D eigenvalue weighted by atomic mass is 10.3. The van der Waals surface area contributed by atoms with Crippen molar-refractivity contribution in [3.8, 4) is 0 Å². The van der Waals surface area contributed by atoms with E-state index in [1.165, 1.54) is 0 Å². The summed E-state index contributed by atoms with van der Waals surface area (Å²) in [7, 11) is 0. The molecule has 0 fully saturated rings. The van der Waals surface area contributed by atoms with Crippen molar-refractivity contribution in [1.29, 1.82) is 0 Å². The first-order chi connectivity index (χ1) is 7.70. The molecule has 0 aliphatic rings. The van der Waals surface area contributed by atoms with E-state index in [0.29, 0.717) is 37.4 Å². The van der Waals surface area contributed by atoms with E-state index in [9.17, 15) is 9.59 Å². The predicted molar refractivity (Wildman–Crippen MR) is 72.2 cm³/mol. The fourth-order valence-electron chi connectivity index (χ4n) is 1.06. The van der Waals surface area contributed by atoms with Crippen molar-refractivity contribution < 1.29 is 9.59 Å². The second kappa shape index (κ2) is 11.1. The highest BCUT2D eigenvalue weighted by Crippen LogP contribution is 1.91. The third-order valence-electron chi connectivity index (χ3n) is 1.89. The van der Waals surface area contributed by atoms with Gasteiger partial charge in [0.05, 0.1) is 0 Å². The second-order valence-electron chi connectivity index (χ2n) is 3.35. The molecule has 0 aliphatic heterocycles. The molecule has 0 rings (SSSR count). The van der Waals surface area contributed by atoms with Crippen molar-refractivity contribution in [2.24, 2.45) is 0 Å². The number of rotatable bonds is 9. The van der Waals surface area contributed by atoms with Crippen LogP contribution in [0.15, 0.2) is 0 Å². The molecular formula is C10H20N2O2S2. The van der Waals surface area contributed by atoms with Crippen molar-refractivity contribution in [2.75, 3.05) is 24.6 Å². The summed E-state index contributed by atoms with van der Waals surface area (Å²) in [5, 5.41) is 5.45. The smallest absolute Gasteiger partial charge is 0.220 e. The topological polar surface area (TPSA) is 58.2 Å². The molecule has 4 nitrogen and oxygen atoms in total. The molecule has 0 radical (unpaired) electrons. The minimum atomic E-state index is 0.0126. The van der Waals surface area contributed by atoms with Crippen LogP contribution in [-0.2, 0) is 9.59 Å². The Kier molecular flexibility index (Phi) is 10.9. The van der Waals surface area contributed by atoms with E-state index in [2.05, 4.69) is 35.9 Å². The van der Waals surface area contributed by atoms with Gasteiger partial charge in [-0.05, 0) is 24.3 Å². The van der Waals surface area contributed by atoms with Crippen molar-refractivity contribution in [1.82, 2.24) is 10.6 Å². The molecule has 0 heterocycles. The molecule has 0 spiro atoms. The van der Waals surface area contributed by atoms with Gasteiger partial charge in [0.25, 0.3) is 0 Å². The third-order valence-corrected chi connectivity index (χ3v) is 2.53. The van der Waals surface area contributed by atoms with Gasteiger partial charge in [-0.1, -0.05) is 0 Å². The summed E-state index contributed by atoms with van der Waals surface area (Å²) in [6.07, 6.45) is 2.56. The molecule has 0 bridgehead atoms. The Labute approximate surface area is 108 Å². The fourth-order valence-corrected chi connectivity index (χ4v) is 1.38. The van der Waals surface area contributed by atoms with E-state index in [1.807, 2.05) is 0 Å². The summed E-state index contributed by atoms with van der Waals surface area (Å²) in [6, 6.07) is 0. The predicted octanol–water partition coefficient (Wildman–Crippen LogP) is 0.639. The van der Waals surface area contributed by atoms with Crippen LogP contribution in [0.3, 0.4) is 0 Å². The lowest BCUT2D eigenvalue weighted by molar-refractivity contribution is -0.122. The van der Waals surface area contributed by atoms with Crippen LogP contribution in [0.2, 0.25) is 0 Å². The Morgan fingerprint density at radius 2 is 1.19 bits per heavy atom. The summed E-state index contributed by atoms with van der Waals surface area (Å²) in [5.74, 6) is 1.46. The van der Waals surface area contributed by atoms with E-state index in [-0.39, 0.29) is 11.8 Å². The van der Waals surface area contributed by atoms with Gasteiger partial charge in [0.2, 0.25) is 11.8 Å². The zero-order chi connectivity index (χ0) is 12.2. The van der Waals surface area contributed by atoms with Crippen LogP contribution in [0.1, 0.15) is 25.7 Å². The van der Waals surface area contributed by atoms with Crippen molar-refractivity contribution in [3.63, 3.8) is 0 Å². The maximum absolute atomic E-state index is 11.2. The van der Waals surface area contributed by atoms with E-state index in [4.69, 9.17) is 0 Å². The van der Waals surface area contributed by atoms with Crippen molar-refractivity contribution >= 4 is 37.1 Å². The van der Waals surface area contributed by atoms with Crippen LogP contribution < -0.4 is 10.6 Å². The standard InChI is InChI=1S/C10H20N2O2S2/c13-9(3-1-7-15)11-5-6-12-10(14)4-2-8-16/h15-16H,1-8H2,(H,11,13)(H,12,14). The number of carbonyl (C=O) groups is 2. The Hall–Kier alpha value is -0.360. The molecular weight excluding hydrogens is 244 g/mol. The monoisotopic (exact) mass is 264 g/mol. The minimum absolute atomic E-state index is 0.0126. The normalized spacial score (nSPS) is 9.88. The van der Waals surface area contributed by atoms with Gasteiger partial charge >= 0.3 is 0 Å². The highest BCUT2D eigenvalue weighted by molar-refractivity contribution is 7.80. The molecule has 0 aliphatic carbocycles. The van der Waals surface area contributed by atoms with Gasteiger partial charge in [-0.2, -0.15) is 25.3 Å². The highest BCUT2D eigenvalue weighted by atomic mass is 32.1. The molecule has 16 heavy (non-hydrogen) atoms. The number of hydrogen-bond donors (Lipinski definition) is 4. The molecule has 0 aromatic rings. The number of thiol groups is 2. The van der Waals surface area contributed by atoms with Gasteiger partial charge in [0.15, 0.2) is 0 Å². The van der Waals surface area contributed by atoms with Gasteiger partial charge in [-0.3, -0.25) is 9.59 Å². The summed E-state index contributed by atoms with van der Waals surface area (Å²) in [4.78, 5) is 22.3. The van der Waals surface area contributed by atoms with Gasteiger partial charge < -0.3 is 10.6 Å². The van der Waals surface area contributed by atoms with Crippen LogP contribution in [-0.4, -0.2) is 36.4 Å². The molecule has 0 saturated heterocycles. The first kappa shape index (κ1) is 15.6. The van der Waals surface area contributed by atoms with Crippen LogP contribution in [0, 0.1) is 0 Å². The Bertz CT molecular complexity index is 191. The Balaban J connectivity index is 3.31. The summed E-state index contributed by atoms with van der Waals surface area (Å²) in [5.41, 5.74) is 0. The average molecular weight is 264 g/mol. The molecule has 0 saturated carbocycles. The first-order valence-electron chi connectivity index (χ1n) is 5.45. The van der Waals surface area contributed by atoms with Crippen molar-refractivity contribution in [3.05, 3.63) is 0 Å². The van der Waals surface area contributed by atoms with Crippen LogP contribution in [0.5, 0.6) is 0 Å². The molecule has 2 N–H and O–H groups in total. The first-order valence-corrected chi connectivity index (χ1v) is 6.72. The van der Waals surface area contributed by atoms with E-state index < -0.39 is 0 Å². The maximum atomic E-state index is 11.2. The lowest BCUT2D eigenvalue weighted by Gasteiger charge is -2.06. The number of nitrogens with one attached hydrogen (secondary N) is 2. The number of amides is 2. The third kappa shape index (κ3) is 10.2. The zero-order valence-electron chi connectivity index (χ0n) is 9.37. The number of hydrogen-bond acceptors (Lipinski definition) is 4. The van der Waals surface area contributed by atoms with Crippen LogP contribution in [0.25, 0.3) is 0 Å². The number of carbonyl (C=O) groups excluding carboxylic acids is 2. The van der Waals surface area contributed by atoms with Crippen LogP contribution >= 0.6 is 25.3 Å². The van der Waals surface area contributed by atoms with Gasteiger partial charge in [-0.15, -0.1) is 0 Å². The molecule has 6 heteroatoms. The molecule has 0 atom stereocenters. The zero-order valence-corrected chi connectivity index (χ0v) is 11.2. The molecule has 2 amide bonds. The fraction of sp³-hybridized carbons (Fsp3) is 0.800. The Morgan fingerprint density at radius 3 is 1.50 bits per heavy atom. The molecule has 0 aromatic carbocycles. The molecule has 0 unspecified atom stereocenters. The summed E-state index contributed by atoms with van der Waals surface area (Å²) in [6.45, 7) is 0.968. The molecule has 0 aromatic heterocycles. The van der Waals surface area contributed by atoms with Crippen molar-refractivity contribution in [2.45, 2.75) is 25.7 Å². The van der Waals surface area contributed by atoms with Gasteiger partial charge in [-0.25, -0.2) is 0 Å². The second-order valence-corrected chi connectivity index (χ2v) is 4.25. The van der Waals surface area contributed by atoms with Gasteiger partial charge in [0.1, 0.15) is 0 Å². The van der Waals surface area contributed by atoms with E-state index in [1.54, 1.807) is 0 Å².